The van der Waals surface area contributed by atoms with E-state index >= 15 is 0 Å². The molecule has 0 aromatic heterocycles. The van der Waals surface area contributed by atoms with Gasteiger partial charge in [0.2, 0.25) is 0 Å². The third-order valence-electron chi connectivity index (χ3n) is 4.96. The zero-order valence-electron chi connectivity index (χ0n) is 14.9. The second-order valence-electron chi connectivity index (χ2n) is 6.85. The largest absolute Gasteiger partial charge is 0.357 e. The Bertz CT molecular complexity index is 513. The summed E-state index contributed by atoms with van der Waals surface area (Å²) in [5.41, 5.74) is 1.38. The van der Waals surface area contributed by atoms with E-state index in [4.69, 9.17) is 4.99 Å². The van der Waals surface area contributed by atoms with Crippen LogP contribution < -0.4 is 10.6 Å². The molecule has 1 aromatic carbocycles. The highest BCUT2D eigenvalue weighted by molar-refractivity contribution is 14.0. The molecule has 0 bridgehead atoms. The maximum Gasteiger partial charge on any atom is 0.191 e. The van der Waals surface area contributed by atoms with E-state index in [0.29, 0.717) is 12.1 Å². The Labute approximate surface area is 163 Å². The SMILES string of the molecule is CCNC(=NCC(c1ccccc1)N1CCCC1)NC1CC1C.I. The highest BCUT2D eigenvalue weighted by atomic mass is 127. The lowest BCUT2D eigenvalue weighted by Crippen LogP contribution is -2.40. The molecule has 1 aliphatic carbocycles. The normalized spacial score (nSPS) is 25.0. The van der Waals surface area contributed by atoms with E-state index in [1.54, 1.807) is 0 Å². The zero-order valence-corrected chi connectivity index (χ0v) is 17.2. The maximum atomic E-state index is 4.90. The summed E-state index contributed by atoms with van der Waals surface area (Å²) in [4.78, 5) is 7.49. The first-order valence-electron chi connectivity index (χ1n) is 9.11. The number of halogens is 1. The van der Waals surface area contributed by atoms with Crippen molar-refractivity contribution in [2.24, 2.45) is 10.9 Å². The maximum absolute atomic E-state index is 4.90. The van der Waals surface area contributed by atoms with Crippen LogP contribution in [0.4, 0.5) is 0 Å². The summed E-state index contributed by atoms with van der Waals surface area (Å²) < 4.78 is 0. The third kappa shape index (κ3) is 5.34. The van der Waals surface area contributed by atoms with Crippen LogP contribution in [0.2, 0.25) is 0 Å². The lowest BCUT2D eigenvalue weighted by molar-refractivity contribution is 0.251. The first-order chi connectivity index (χ1) is 11.3. The molecule has 0 amide bonds. The van der Waals surface area contributed by atoms with Gasteiger partial charge in [0.15, 0.2) is 5.96 Å². The smallest absolute Gasteiger partial charge is 0.191 e. The molecule has 2 N–H and O–H groups in total. The monoisotopic (exact) mass is 442 g/mol. The highest BCUT2D eigenvalue weighted by Crippen LogP contribution is 2.29. The Morgan fingerprint density at radius 2 is 1.92 bits per heavy atom. The van der Waals surface area contributed by atoms with Gasteiger partial charge in [-0.25, -0.2) is 0 Å². The Morgan fingerprint density at radius 3 is 2.50 bits per heavy atom. The van der Waals surface area contributed by atoms with Gasteiger partial charge in [0.05, 0.1) is 12.6 Å². The topological polar surface area (TPSA) is 39.7 Å². The molecule has 1 aromatic rings. The zero-order chi connectivity index (χ0) is 16.1. The van der Waals surface area contributed by atoms with E-state index in [2.05, 4.69) is 59.7 Å². The number of nitrogens with zero attached hydrogens (tertiary/aromatic N) is 2. The Morgan fingerprint density at radius 1 is 1.25 bits per heavy atom. The minimum Gasteiger partial charge on any atom is -0.357 e. The quantitative estimate of drug-likeness (QED) is 0.403. The van der Waals surface area contributed by atoms with Gasteiger partial charge in [0, 0.05) is 12.6 Å². The number of hydrogen-bond donors (Lipinski definition) is 2. The van der Waals surface area contributed by atoms with Crippen molar-refractivity contribution in [1.82, 2.24) is 15.5 Å². The van der Waals surface area contributed by atoms with E-state index in [1.807, 2.05) is 0 Å². The Balaban J connectivity index is 0.00000208. The average Bonchev–Trinajstić information content (AvgIpc) is 3.03. The van der Waals surface area contributed by atoms with Crippen molar-refractivity contribution in [1.29, 1.82) is 0 Å². The van der Waals surface area contributed by atoms with Crippen LogP contribution in [0.25, 0.3) is 0 Å². The van der Waals surface area contributed by atoms with Crippen molar-refractivity contribution in [3.05, 3.63) is 35.9 Å². The van der Waals surface area contributed by atoms with E-state index in [-0.39, 0.29) is 24.0 Å². The first-order valence-corrected chi connectivity index (χ1v) is 9.11. The summed E-state index contributed by atoms with van der Waals surface area (Å²) in [6, 6.07) is 11.8. The van der Waals surface area contributed by atoms with Gasteiger partial charge in [-0.2, -0.15) is 0 Å². The third-order valence-corrected chi connectivity index (χ3v) is 4.96. The van der Waals surface area contributed by atoms with Crippen LogP contribution in [0.5, 0.6) is 0 Å². The molecular formula is C19H31IN4. The van der Waals surface area contributed by atoms with Crippen LogP contribution >= 0.6 is 24.0 Å². The van der Waals surface area contributed by atoms with Gasteiger partial charge in [-0.1, -0.05) is 37.3 Å². The van der Waals surface area contributed by atoms with Gasteiger partial charge in [0.1, 0.15) is 0 Å². The van der Waals surface area contributed by atoms with Crippen molar-refractivity contribution >= 4 is 29.9 Å². The second-order valence-corrected chi connectivity index (χ2v) is 6.85. The lowest BCUT2D eigenvalue weighted by atomic mass is 10.1. The number of aliphatic imine (C=N–C) groups is 1. The molecule has 3 rings (SSSR count). The van der Waals surface area contributed by atoms with Gasteiger partial charge in [-0.15, -0.1) is 24.0 Å². The van der Waals surface area contributed by atoms with Crippen LogP contribution in [0.15, 0.2) is 35.3 Å². The molecule has 0 radical (unpaired) electrons. The first kappa shape index (κ1) is 19.5. The number of rotatable bonds is 6. The summed E-state index contributed by atoms with van der Waals surface area (Å²) in [6.45, 7) is 8.53. The molecule has 1 saturated carbocycles. The van der Waals surface area contributed by atoms with Crippen molar-refractivity contribution in [3.8, 4) is 0 Å². The number of benzene rings is 1. The fourth-order valence-corrected chi connectivity index (χ4v) is 3.36. The fraction of sp³-hybridized carbons (Fsp3) is 0.632. The lowest BCUT2D eigenvalue weighted by Gasteiger charge is -2.27. The average molecular weight is 442 g/mol. The summed E-state index contributed by atoms with van der Waals surface area (Å²) >= 11 is 0. The molecule has 4 nitrogen and oxygen atoms in total. The minimum absolute atomic E-state index is 0. The molecule has 5 heteroatoms. The summed E-state index contributed by atoms with van der Waals surface area (Å²) in [5.74, 6) is 1.75. The van der Waals surface area contributed by atoms with Crippen molar-refractivity contribution < 1.29 is 0 Å². The van der Waals surface area contributed by atoms with Gasteiger partial charge in [-0.3, -0.25) is 9.89 Å². The Hall–Kier alpha value is -0.820. The van der Waals surface area contributed by atoms with Crippen molar-refractivity contribution in [2.75, 3.05) is 26.2 Å². The number of guanidine groups is 1. The molecule has 1 aliphatic heterocycles. The molecule has 1 saturated heterocycles. The van der Waals surface area contributed by atoms with Crippen LogP contribution in [-0.4, -0.2) is 43.1 Å². The molecule has 3 atom stereocenters. The van der Waals surface area contributed by atoms with E-state index in [0.717, 1.165) is 25.0 Å². The fourth-order valence-electron chi connectivity index (χ4n) is 3.36. The van der Waals surface area contributed by atoms with Crippen molar-refractivity contribution in [2.45, 2.75) is 45.2 Å². The van der Waals surface area contributed by atoms with Gasteiger partial charge in [-0.05, 0) is 50.8 Å². The van der Waals surface area contributed by atoms with E-state index in [1.165, 1.54) is 37.9 Å². The predicted molar refractivity (Wildman–Crippen MR) is 112 cm³/mol. The Kier molecular flexibility index (Phi) is 7.81. The standard InChI is InChI=1S/C19H30N4.HI/c1-3-20-19(22-17-13-15(17)2)21-14-18(23-11-7-8-12-23)16-9-5-4-6-10-16;/h4-6,9-10,15,17-18H,3,7-8,11-14H2,1-2H3,(H2,20,21,22);1H. The number of hydrogen-bond acceptors (Lipinski definition) is 2. The van der Waals surface area contributed by atoms with Gasteiger partial charge in [0.25, 0.3) is 0 Å². The minimum atomic E-state index is 0. The van der Waals surface area contributed by atoms with Crippen LogP contribution in [0, 0.1) is 5.92 Å². The van der Waals surface area contributed by atoms with Crippen LogP contribution in [0.3, 0.4) is 0 Å². The van der Waals surface area contributed by atoms with Gasteiger partial charge < -0.3 is 10.6 Å². The van der Waals surface area contributed by atoms with Gasteiger partial charge >= 0.3 is 0 Å². The number of likely N-dealkylation sites (tertiary alicyclic amines) is 1. The van der Waals surface area contributed by atoms with Crippen molar-refractivity contribution in [3.63, 3.8) is 0 Å². The van der Waals surface area contributed by atoms with Crippen LogP contribution in [-0.2, 0) is 0 Å². The molecule has 2 aliphatic rings. The summed E-state index contributed by atoms with van der Waals surface area (Å²) in [7, 11) is 0. The number of nitrogens with one attached hydrogen (secondary N) is 2. The van der Waals surface area contributed by atoms with Crippen LogP contribution in [0.1, 0.15) is 44.7 Å². The summed E-state index contributed by atoms with van der Waals surface area (Å²) in [5, 5.41) is 6.95. The molecule has 3 unspecified atom stereocenters. The highest BCUT2D eigenvalue weighted by Gasteiger charge is 2.33. The summed E-state index contributed by atoms with van der Waals surface area (Å²) in [6.07, 6.45) is 3.88. The predicted octanol–water partition coefficient (Wildman–Crippen LogP) is 3.41. The molecule has 134 valence electrons. The van der Waals surface area contributed by atoms with E-state index in [9.17, 15) is 0 Å². The molecule has 2 fully saturated rings. The van der Waals surface area contributed by atoms with E-state index < -0.39 is 0 Å². The molecule has 24 heavy (non-hydrogen) atoms. The second kappa shape index (κ2) is 9.61. The molecule has 0 spiro atoms. The molecule has 1 heterocycles. The molecular weight excluding hydrogens is 411 g/mol.